The Hall–Kier alpha value is -3.65. The van der Waals surface area contributed by atoms with Gasteiger partial charge in [0.15, 0.2) is 16.6 Å². The number of aliphatic imine (C=N–C) groups is 1. The highest BCUT2D eigenvalue weighted by molar-refractivity contribution is 8.27. The van der Waals surface area contributed by atoms with Crippen molar-refractivity contribution < 1.29 is 9.21 Å². The molecule has 1 amide bonds. The summed E-state index contributed by atoms with van der Waals surface area (Å²) in [5.74, 6) is 0.142. The molecule has 0 atom stereocenters. The Morgan fingerprint density at radius 2 is 1.97 bits per heavy atom. The third-order valence-corrected chi connectivity index (χ3v) is 6.48. The van der Waals surface area contributed by atoms with E-state index in [4.69, 9.17) is 9.83 Å². The molecule has 0 radical (unpaired) electrons. The number of rotatable bonds is 4. The molecule has 2 aliphatic heterocycles. The highest BCUT2D eigenvalue weighted by Gasteiger charge is 2.36. The highest BCUT2D eigenvalue weighted by Crippen LogP contribution is 2.32. The van der Waals surface area contributed by atoms with Gasteiger partial charge in [-0.3, -0.25) is 10.2 Å². The lowest BCUT2D eigenvalue weighted by Gasteiger charge is -2.20. The Kier molecular flexibility index (Phi) is 4.94. The maximum absolute atomic E-state index is 12.8. The number of aromatic nitrogens is 1. The molecule has 0 spiro atoms. The molecule has 0 saturated carbocycles. The van der Waals surface area contributed by atoms with Gasteiger partial charge in [-0.25, -0.2) is 0 Å². The van der Waals surface area contributed by atoms with Crippen LogP contribution in [0.5, 0.6) is 0 Å². The third-order valence-electron chi connectivity index (χ3n) is 5.56. The van der Waals surface area contributed by atoms with Crippen LogP contribution in [0.25, 0.3) is 11.8 Å². The Bertz CT molecular complexity index is 1330. The van der Waals surface area contributed by atoms with E-state index >= 15 is 0 Å². The molecule has 0 fully saturated rings. The number of nitrogens with zero attached hydrogens (tertiary/aromatic N) is 4. The van der Waals surface area contributed by atoms with Gasteiger partial charge < -0.3 is 8.98 Å². The molecule has 7 nitrogen and oxygen atoms in total. The van der Waals surface area contributed by atoms with Crippen molar-refractivity contribution in [2.24, 2.45) is 10.1 Å². The van der Waals surface area contributed by atoms with E-state index in [1.165, 1.54) is 22.3 Å². The van der Waals surface area contributed by atoms with E-state index in [1.54, 1.807) is 24.5 Å². The molecule has 8 heteroatoms. The van der Waals surface area contributed by atoms with Crippen molar-refractivity contribution in [3.63, 3.8) is 0 Å². The molecule has 160 valence electrons. The van der Waals surface area contributed by atoms with Crippen LogP contribution in [-0.2, 0) is 11.2 Å². The number of fused-ring (bicyclic) bond motifs is 1. The summed E-state index contributed by atoms with van der Waals surface area (Å²) in [6.07, 6.45) is 4.28. The van der Waals surface area contributed by atoms with Crippen molar-refractivity contribution in [2.45, 2.75) is 27.2 Å². The van der Waals surface area contributed by atoms with Crippen LogP contribution in [0.3, 0.4) is 0 Å². The number of benzene rings is 1. The molecule has 0 unspecified atom stereocenters. The van der Waals surface area contributed by atoms with Crippen LogP contribution in [0.2, 0.25) is 0 Å². The molecule has 32 heavy (non-hydrogen) atoms. The summed E-state index contributed by atoms with van der Waals surface area (Å²) in [5, 5.41) is 15.4. The van der Waals surface area contributed by atoms with Crippen molar-refractivity contribution in [1.82, 2.24) is 9.58 Å². The van der Waals surface area contributed by atoms with E-state index in [2.05, 4.69) is 45.9 Å². The molecule has 2 aromatic heterocycles. The molecule has 0 aliphatic carbocycles. The van der Waals surface area contributed by atoms with E-state index in [0.717, 1.165) is 29.1 Å². The van der Waals surface area contributed by atoms with Gasteiger partial charge in [-0.2, -0.15) is 15.1 Å². The Morgan fingerprint density at radius 1 is 1.19 bits per heavy atom. The van der Waals surface area contributed by atoms with Gasteiger partial charge >= 0.3 is 0 Å². The molecular weight excluding hydrogens is 422 g/mol. The van der Waals surface area contributed by atoms with Gasteiger partial charge in [0.05, 0.1) is 11.8 Å². The number of amidine groups is 2. The van der Waals surface area contributed by atoms with Crippen LogP contribution < -0.4 is 0 Å². The number of carbonyl (C=O) groups is 1. The minimum Gasteiger partial charge on any atom is -0.462 e. The van der Waals surface area contributed by atoms with Crippen molar-refractivity contribution in [3.8, 4) is 5.69 Å². The zero-order chi connectivity index (χ0) is 22.4. The first-order valence-corrected chi connectivity index (χ1v) is 11.1. The van der Waals surface area contributed by atoms with Crippen LogP contribution >= 0.6 is 11.8 Å². The maximum Gasteiger partial charge on any atom is 0.283 e. The average Bonchev–Trinajstić information content (AvgIpc) is 3.51. The molecule has 5 rings (SSSR count). The Labute approximate surface area is 189 Å². The van der Waals surface area contributed by atoms with Crippen LogP contribution in [-0.4, -0.2) is 31.5 Å². The van der Waals surface area contributed by atoms with Crippen LogP contribution in [0.15, 0.2) is 68.8 Å². The Morgan fingerprint density at radius 3 is 2.66 bits per heavy atom. The van der Waals surface area contributed by atoms with Gasteiger partial charge in [0, 0.05) is 17.1 Å². The summed E-state index contributed by atoms with van der Waals surface area (Å²) in [7, 11) is 0. The van der Waals surface area contributed by atoms with Gasteiger partial charge in [-0.05, 0) is 79.6 Å². The summed E-state index contributed by atoms with van der Waals surface area (Å²) in [6, 6.07) is 14.0. The summed E-state index contributed by atoms with van der Waals surface area (Å²) in [4.78, 5) is 16.9. The summed E-state index contributed by atoms with van der Waals surface area (Å²) < 4.78 is 7.54. The molecule has 2 aliphatic rings. The normalized spacial score (nSPS) is 17.1. The van der Waals surface area contributed by atoms with Gasteiger partial charge in [0.1, 0.15) is 0 Å². The largest absolute Gasteiger partial charge is 0.462 e. The molecule has 0 bridgehead atoms. The van der Waals surface area contributed by atoms with E-state index in [9.17, 15) is 4.79 Å². The lowest BCUT2D eigenvalue weighted by Crippen LogP contribution is -2.35. The predicted molar refractivity (Wildman–Crippen MR) is 127 cm³/mol. The lowest BCUT2D eigenvalue weighted by molar-refractivity contribution is -0.114. The number of hydrogen-bond donors (Lipinski definition) is 1. The van der Waals surface area contributed by atoms with Gasteiger partial charge in [-0.15, -0.1) is 0 Å². The summed E-state index contributed by atoms with van der Waals surface area (Å²) in [5.41, 5.74) is 5.47. The SMILES string of the molecule is CCc1ccc(-n2c(C)cc(/C=C3\C(=N)N4N=C(c5ccco5)SC4=NC3=O)c2C)cc1. The molecule has 4 heterocycles. The summed E-state index contributed by atoms with van der Waals surface area (Å²) >= 11 is 1.22. The Balaban J connectivity index is 1.50. The number of thioether (sulfide) groups is 1. The summed E-state index contributed by atoms with van der Waals surface area (Å²) in [6.45, 7) is 6.18. The molecule has 1 N–H and O–H groups in total. The quantitative estimate of drug-likeness (QED) is 0.580. The van der Waals surface area contributed by atoms with E-state index < -0.39 is 5.91 Å². The molecule has 3 aromatic rings. The molecule has 0 saturated heterocycles. The fourth-order valence-corrected chi connectivity index (χ4v) is 4.72. The molecule has 1 aromatic carbocycles. The number of aryl methyl sites for hydroxylation is 2. The first-order valence-electron chi connectivity index (χ1n) is 10.3. The van der Waals surface area contributed by atoms with Crippen molar-refractivity contribution in [3.05, 3.63) is 82.6 Å². The first-order chi connectivity index (χ1) is 15.5. The second-order valence-corrected chi connectivity index (χ2v) is 8.54. The fourth-order valence-electron chi connectivity index (χ4n) is 3.86. The van der Waals surface area contributed by atoms with Gasteiger partial charge in [-0.1, -0.05) is 19.1 Å². The minimum absolute atomic E-state index is 0.00570. The second-order valence-electron chi connectivity index (χ2n) is 7.58. The van der Waals surface area contributed by atoms with E-state index in [-0.39, 0.29) is 11.4 Å². The van der Waals surface area contributed by atoms with Crippen LogP contribution in [0.1, 0.15) is 35.2 Å². The topological polar surface area (TPSA) is 86.9 Å². The lowest BCUT2D eigenvalue weighted by atomic mass is 10.1. The van der Waals surface area contributed by atoms with Crippen LogP contribution in [0, 0.1) is 19.3 Å². The number of nitrogens with one attached hydrogen (secondary N) is 1. The standard InChI is InChI=1S/C24H21N5O2S/c1-4-16-7-9-18(10-8-16)28-14(2)12-17(15(28)3)13-19-21(25)29-24(26-22(19)30)32-23(27-29)20-6-5-11-31-20/h5-13,25H,4H2,1-3H3/b19-13+,25-21?. The fraction of sp³-hybridized carbons (Fsp3) is 0.167. The highest BCUT2D eigenvalue weighted by atomic mass is 32.2. The monoisotopic (exact) mass is 443 g/mol. The number of furan rings is 1. The van der Waals surface area contributed by atoms with Crippen molar-refractivity contribution in [2.75, 3.05) is 0 Å². The van der Waals surface area contributed by atoms with Gasteiger partial charge in [0.25, 0.3) is 5.91 Å². The number of hydrogen-bond acceptors (Lipinski definition) is 5. The minimum atomic E-state index is -0.443. The smallest absolute Gasteiger partial charge is 0.283 e. The average molecular weight is 444 g/mol. The van der Waals surface area contributed by atoms with E-state index in [1.807, 2.05) is 19.9 Å². The number of hydrazone groups is 1. The molecular formula is C24H21N5O2S. The zero-order valence-electron chi connectivity index (χ0n) is 17.9. The van der Waals surface area contributed by atoms with E-state index in [0.29, 0.717) is 16.0 Å². The third kappa shape index (κ3) is 3.33. The van der Waals surface area contributed by atoms with Crippen molar-refractivity contribution in [1.29, 1.82) is 5.41 Å². The first kappa shape index (κ1) is 20.3. The zero-order valence-corrected chi connectivity index (χ0v) is 18.7. The van der Waals surface area contributed by atoms with Crippen molar-refractivity contribution >= 4 is 39.8 Å². The predicted octanol–water partition coefficient (Wildman–Crippen LogP) is 4.92. The maximum atomic E-state index is 12.8. The second kappa shape index (κ2) is 7.80. The number of amides is 1. The van der Waals surface area contributed by atoms with Gasteiger partial charge in [0.2, 0.25) is 5.17 Å². The van der Waals surface area contributed by atoms with Crippen LogP contribution in [0.4, 0.5) is 0 Å². The number of carbonyl (C=O) groups excluding carboxylic acids is 1.